The van der Waals surface area contributed by atoms with Gasteiger partial charge in [-0.1, -0.05) is 12.5 Å². The van der Waals surface area contributed by atoms with Gasteiger partial charge in [-0.3, -0.25) is 0 Å². The van der Waals surface area contributed by atoms with Crippen LogP contribution >= 0.6 is 0 Å². The second kappa shape index (κ2) is 10.7. The van der Waals surface area contributed by atoms with E-state index in [-0.39, 0.29) is 0 Å². The van der Waals surface area contributed by atoms with Crippen LogP contribution in [0.15, 0.2) is 12.7 Å². The highest BCUT2D eigenvalue weighted by atomic mass is 15.1. The molecule has 84 valence electrons. The third kappa shape index (κ3) is 9.75. The predicted molar refractivity (Wildman–Crippen MR) is 64.7 cm³/mol. The summed E-state index contributed by atoms with van der Waals surface area (Å²) in [7, 11) is 4.22. The molecule has 0 unspecified atom stereocenters. The van der Waals surface area contributed by atoms with Gasteiger partial charge in [0.2, 0.25) is 0 Å². The minimum absolute atomic E-state index is 1.14. The molecule has 0 saturated heterocycles. The molecule has 0 fully saturated rings. The summed E-state index contributed by atoms with van der Waals surface area (Å²) < 4.78 is 0. The number of hydrogen-bond acceptors (Lipinski definition) is 2. The fourth-order valence-corrected chi connectivity index (χ4v) is 1.48. The Hall–Kier alpha value is -0.340. The topological polar surface area (TPSA) is 15.3 Å². The van der Waals surface area contributed by atoms with Crippen LogP contribution < -0.4 is 5.32 Å². The van der Waals surface area contributed by atoms with E-state index >= 15 is 0 Å². The smallest absolute Gasteiger partial charge is 0.00188 e. The quantitative estimate of drug-likeness (QED) is 0.428. The first-order valence-corrected chi connectivity index (χ1v) is 5.75. The van der Waals surface area contributed by atoms with Gasteiger partial charge in [-0.25, -0.2) is 0 Å². The summed E-state index contributed by atoms with van der Waals surface area (Å²) >= 11 is 0. The van der Waals surface area contributed by atoms with Crippen molar-refractivity contribution in [1.29, 1.82) is 0 Å². The van der Waals surface area contributed by atoms with Gasteiger partial charge in [0.15, 0.2) is 0 Å². The van der Waals surface area contributed by atoms with Gasteiger partial charge < -0.3 is 10.2 Å². The largest absolute Gasteiger partial charge is 0.320 e. The van der Waals surface area contributed by atoms with Crippen molar-refractivity contribution in [3.8, 4) is 0 Å². The van der Waals surface area contributed by atoms with E-state index in [4.69, 9.17) is 0 Å². The minimum Gasteiger partial charge on any atom is -0.320 e. The lowest BCUT2D eigenvalue weighted by atomic mass is 10.2. The lowest BCUT2D eigenvalue weighted by molar-refractivity contribution is 0.321. The molecule has 0 heterocycles. The number of allylic oxidation sites excluding steroid dienone is 1. The van der Waals surface area contributed by atoms with Crippen molar-refractivity contribution in [3.63, 3.8) is 0 Å². The van der Waals surface area contributed by atoms with Crippen molar-refractivity contribution < 1.29 is 0 Å². The Kier molecular flexibility index (Phi) is 10.5. The van der Waals surface area contributed by atoms with Crippen LogP contribution in [0.1, 0.15) is 32.1 Å². The molecular weight excluding hydrogens is 172 g/mol. The van der Waals surface area contributed by atoms with Crippen LogP contribution in [0.3, 0.4) is 0 Å². The molecule has 14 heavy (non-hydrogen) atoms. The van der Waals surface area contributed by atoms with E-state index in [1.165, 1.54) is 38.8 Å². The molecule has 1 N–H and O–H groups in total. The van der Waals surface area contributed by atoms with Gasteiger partial charge in [-0.05, 0) is 59.4 Å². The number of nitrogens with one attached hydrogen (secondary N) is 1. The molecule has 0 bridgehead atoms. The molecule has 0 amide bonds. The number of unbranched alkanes of at least 4 members (excludes halogenated alkanes) is 3. The molecule has 0 aliphatic carbocycles. The average molecular weight is 198 g/mol. The van der Waals surface area contributed by atoms with Crippen LogP contribution in [-0.2, 0) is 0 Å². The standard InChI is InChI=1S/C12H26N2/c1-4-5-8-11-14(3)12-9-6-7-10-13-2/h4,13H,1,5-12H2,2-3H3. The lowest BCUT2D eigenvalue weighted by Gasteiger charge is -2.15. The lowest BCUT2D eigenvalue weighted by Crippen LogP contribution is -2.21. The van der Waals surface area contributed by atoms with Crippen molar-refractivity contribution in [2.75, 3.05) is 33.7 Å². The average Bonchev–Trinajstić information content (AvgIpc) is 2.18. The number of rotatable bonds is 10. The summed E-state index contributed by atoms with van der Waals surface area (Å²) in [5, 5.41) is 3.17. The Bertz CT molecular complexity index is 123. The van der Waals surface area contributed by atoms with E-state index in [2.05, 4.69) is 23.8 Å². The summed E-state index contributed by atoms with van der Waals surface area (Å²) in [5.74, 6) is 0. The second-order valence-electron chi connectivity index (χ2n) is 3.90. The van der Waals surface area contributed by atoms with Gasteiger partial charge in [0.1, 0.15) is 0 Å². The highest BCUT2D eigenvalue weighted by molar-refractivity contribution is 4.66. The van der Waals surface area contributed by atoms with Crippen LogP contribution in [0.5, 0.6) is 0 Å². The number of nitrogens with zero attached hydrogens (tertiary/aromatic N) is 1. The second-order valence-corrected chi connectivity index (χ2v) is 3.90. The van der Waals surface area contributed by atoms with Crippen LogP contribution in [-0.4, -0.2) is 38.6 Å². The van der Waals surface area contributed by atoms with E-state index < -0.39 is 0 Å². The number of hydrogen-bond donors (Lipinski definition) is 1. The van der Waals surface area contributed by atoms with Crippen LogP contribution in [0.2, 0.25) is 0 Å². The highest BCUT2D eigenvalue weighted by Crippen LogP contribution is 1.98. The normalized spacial score (nSPS) is 10.8. The van der Waals surface area contributed by atoms with E-state index in [9.17, 15) is 0 Å². The van der Waals surface area contributed by atoms with Gasteiger partial charge in [-0.15, -0.1) is 6.58 Å². The Morgan fingerprint density at radius 2 is 1.86 bits per heavy atom. The third-order valence-corrected chi connectivity index (χ3v) is 2.41. The molecule has 0 aromatic carbocycles. The summed E-state index contributed by atoms with van der Waals surface area (Å²) in [6.07, 6.45) is 8.36. The molecular formula is C12H26N2. The molecule has 0 aliphatic heterocycles. The molecule has 0 atom stereocenters. The molecule has 0 radical (unpaired) electrons. The fraction of sp³-hybridized carbons (Fsp3) is 0.833. The zero-order valence-corrected chi connectivity index (χ0v) is 9.89. The van der Waals surface area contributed by atoms with Gasteiger partial charge in [0.05, 0.1) is 0 Å². The first-order chi connectivity index (χ1) is 6.81. The van der Waals surface area contributed by atoms with Crippen LogP contribution in [0, 0.1) is 0 Å². The molecule has 0 rings (SSSR count). The first-order valence-electron chi connectivity index (χ1n) is 5.75. The summed E-state index contributed by atoms with van der Waals surface area (Å²) in [6.45, 7) is 7.32. The van der Waals surface area contributed by atoms with E-state index in [1.54, 1.807) is 0 Å². The maximum Gasteiger partial charge on any atom is -0.00188 e. The van der Waals surface area contributed by atoms with Gasteiger partial charge in [0.25, 0.3) is 0 Å². The predicted octanol–water partition coefficient (Wildman–Crippen LogP) is 2.27. The maximum absolute atomic E-state index is 3.73. The Morgan fingerprint density at radius 1 is 1.14 bits per heavy atom. The van der Waals surface area contributed by atoms with Crippen LogP contribution in [0.4, 0.5) is 0 Å². The summed E-state index contributed by atoms with van der Waals surface area (Å²) in [4.78, 5) is 2.42. The summed E-state index contributed by atoms with van der Waals surface area (Å²) in [6, 6.07) is 0. The monoisotopic (exact) mass is 198 g/mol. The molecule has 0 spiro atoms. The van der Waals surface area contributed by atoms with Crippen molar-refractivity contribution in [1.82, 2.24) is 10.2 Å². The Labute approximate surface area is 89.4 Å². The minimum atomic E-state index is 1.14. The molecule has 2 nitrogen and oxygen atoms in total. The molecule has 0 saturated carbocycles. The van der Waals surface area contributed by atoms with E-state index in [0.29, 0.717) is 0 Å². The molecule has 0 aliphatic rings. The molecule has 0 aromatic heterocycles. The maximum atomic E-state index is 3.73. The van der Waals surface area contributed by atoms with Crippen molar-refractivity contribution >= 4 is 0 Å². The third-order valence-electron chi connectivity index (χ3n) is 2.41. The zero-order valence-electron chi connectivity index (χ0n) is 9.89. The fourth-order valence-electron chi connectivity index (χ4n) is 1.48. The Morgan fingerprint density at radius 3 is 2.50 bits per heavy atom. The highest BCUT2D eigenvalue weighted by Gasteiger charge is 1.96. The first kappa shape index (κ1) is 13.7. The van der Waals surface area contributed by atoms with Crippen molar-refractivity contribution in [2.45, 2.75) is 32.1 Å². The van der Waals surface area contributed by atoms with E-state index in [0.717, 1.165) is 13.0 Å². The summed E-state index contributed by atoms with van der Waals surface area (Å²) in [5.41, 5.74) is 0. The van der Waals surface area contributed by atoms with Crippen molar-refractivity contribution in [3.05, 3.63) is 12.7 Å². The molecule has 0 aromatic rings. The van der Waals surface area contributed by atoms with Gasteiger partial charge >= 0.3 is 0 Å². The van der Waals surface area contributed by atoms with Crippen LogP contribution in [0.25, 0.3) is 0 Å². The SMILES string of the molecule is C=CCCCN(C)CCCCCNC. The van der Waals surface area contributed by atoms with Crippen molar-refractivity contribution in [2.24, 2.45) is 0 Å². The van der Waals surface area contributed by atoms with Gasteiger partial charge in [0, 0.05) is 0 Å². The van der Waals surface area contributed by atoms with E-state index in [1.807, 2.05) is 13.1 Å². The Balaban J connectivity index is 3.09. The molecule has 2 heteroatoms. The zero-order chi connectivity index (χ0) is 10.6. The van der Waals surface area contributed by atoms with Gasteiger partial charge in [-0.2, -0.15) is 0 Å².